The minimum Gasteiger partial charge on any atom is -0.207 e. The highest BCUT2D eigenvalue weighted by molar-refractivity contribution is 9.10. The van der Waals surface area contributed by atoms with Crippen LogP contribution in [0.15, 0.2) is 28.2 Å². The van der Waals surface area contributed by atoms with Gasteiger partial charge >= 0.3 is 0 Å². The summed E-state index contributed by atoms with van der Waals surface area (Å²) in [4.78, 5) is 0. The topological polar surface area (TPSA) is 0 Å². The normalized spacial score (nSPS) is 11.9. The monoisotopic (exact) mass is 320 g/mol. The summed E-state index contributed by atoms with van der Waals surface area (Å²) in [7, 11) is 0. The van der Waals surface area contributed by atoms with Gasteiger partial charge in [-0.1, -0.05) is 50.4 Å². The molecule has 0 saturated carbocycles. The van der Waals surface area contributed by atoms with Crippen LogP contribution in [0.2, 0.25) is 0 Å². The van der Waals surface area contributed by atoms with E-state index in [0.717, 1.165) is 21.8 Å². The second kappa shape index (κ2) is 5.66. The fraction of sp³-hybridized carbons (Fsp3) is 0.273. The molecule has 0 spiro atoms. The second-order valence-electron chi connectivity index (χ2n) is 2.96. The van der Waals surface area contributed by atoms with Crippen molar-refractivity contribution in [3.05, 3.63) is 39.6 Å². The Bertz CT molecular complexity index is 339. The molecule has 0 amide bonds. The standard InChI is InChI=1S/C11H11Br2F/c1-2-8(7-12)5-9-6-10(14)3-4-11(9)13/h3-6H,2,7H2,1H3/b8-5-. The van der Waals surface area contributed by atoms with Crippen molar-refractivity contribution in [3.8, 4) is 0 Å². The van der Waals surface area contributed by atoms with Gasteiger partial charge in [0.2, 0.25) is 0 Å². The molecule has 0 N–H and O–H groups in total. The lowest BCUT2D eigenvalue weighted by molar-refractivity contribution is 0.627. The molecule has 0 nitrogen and oxygen atoms in total. The molecule has 3 heteroatoms. The molecule has 0 aliphatic carbocycles. The molecule has 0 heterocycles. The van der Waals surface area contributed by atoms with Crippen molar-refractivity contribution in [3.63, 3.8) is 0 Å². The van der Waals surface area contributed by atoms with E-state index in [0.29, 0.717) is 0 Å². The van der Waals surface area contributed by atoms with Gasteiger partial charge in [0, 0.05) is 9.80 Å². The van der Waals surface area contributed by atoms with Crippen LogP contribution in [0.25, 0.3) is 6.08 Å². The SMILES string of the molecule is CC/C(=C/c1cc(F)ccc1Br)CBr. The van der Waals surface area contributed by atoms with Gasteiger partial charge < -0.3 is 0 Å². The summed E-state index contributed by atoms with van der Waals surface area (Å²) in [6.07, 6.45) is 2.97. The summed E-state index contributed by atoms with van der Waals surface area (Å²) in [5.74, 6) is -0.204. The molecule has 0 unspecified atom stereocenters. The average molecular weight is 322 g/mol. The van der Waals surface area contributed by atoms with Crippen molar-refractivity contribution in [1.82, 2.24) is 0 Å². The highest BCUT2D eigenvalue weighted by Gasteiger charge is 2.00. The predicted octanol–water partition coefficient (Wildman–Crippen LogP) is 4.78. The molecule has 0 fully saturated rings. The van der Waals surface area contributed by atoms with Gasteiger partial charge in [0.15, 0.2) is 0 Å². The molecule has 76 valence electrons. The molecular weight excluding hydrogens is 311 g/mol. The van der Waals surface area contributed by atoms with Crippen LogP contribution in [0.5, 0.6) is 0 Å². The van der Waals surface area contributed by atoms with E-state index in [9.17, 15) is 4.39 Å². The zero-order valence-corrected chi connectivity index (χ0v) is 11.0. The number of benzene rings is 1. The number of allylic oxidation sites excluding steroid dienone is 1. The first kappa shape index (κ1) is 11.9. The lowest BCUT2D eigenvalue weighted by atomic mass is 10.1. The van der Waals surface area contributed by atoms with Crippen molar-refractivity contribution in [2.75, 3.05) is 5.33 Å². The van der Waals surface area contributed by atoms with Gasteiger partial charge in [-0.2, -0.15) is 0 Å². The Hall–Kier alpha value is -0.150. The van der Waals surface area contributed by atoms with E-state index < -0.39 is 0 Å². The summed E-state index contributed by atoms with van der Waals surface area (Å²) in [5.41, 5.74) is 2.14. The molecule has 0 saturated heterocycles. The van der Waals surface area contributed by atoms with Gasteiger partial charge in [-0.05, 0) is 30.2 Å². The predicted molar refractivity (Wildman–Crippen MR) is 66.2 cm³/mol. The van der Waals surface area contributed by atoms with E-state index in [4.69, 9.17) is 0 Å². The van der Waals surface area contributed by atoms with Gasteiger partial charge in [-0.25, -0.2) is 4.39 Å². The average Bonchev–Trinajstić information content (AvgIpc) is 2.19. The van der Waals surface area contributed by atoms with Crippen molar-refractivity contribution < 1.29 is 4.39 Å². The fourth-order valence-corrected chi connectivity index (χ4v) is 2.00. The first-order valence-corrected chi connectivity index (χ1v) is 6.29. The summed E-state index contributed by atoms with van der Waals surface area (Å²) in [6.45, 7) is 2.08. The fourth-order valence-electron chi connectivity index (χ4n) is 1.08. The first-order chi connectivity index (χ1) is 6.67. The van der Waals surface area contributed by atoms with E-state index in [1.807, 2.05) is 6.08 Å². The van der Waals surface area contributed by atoms with Crippen LogP contribution in [0.4, 0.5) is 4.39 Å². The Balaban J connectivity index is 3.06. The zero-order valence-electron chi connectivity index (χ0n) is 7.86. The van der Waals surface area contributed by atoms with Crippen LogP contribution < -0.4 is 0 Å². The summed E-state index contributed by atoms with van der Waals surface area (Å²) in [5, 5.41) is 0.826. The molecule has 0 atom stereocenters. The molecule has 14 heavy (non-hydrogen) atoms. The van der Waals surface area contributed by atoms with Crippen LogP contribution in [0.1, 0.15) is 18.9 Å². The third-order valence-electron chi connectivity index (χ3n) is 1.94. The Labute approximate surface area is 100 Å². The lowest BCUT2D eigenvalue weighted by Crippen LogP contribution is -1.85. The maximum absolute atomic E-state index is 12.9. The van der Waals surface area contributed by atoms with E-state index in [1.165, 1.54) is 17.7 Å². The first-order valence-electron chi connectivity index (χ1n) is 4.37. The number of rotatable bonds is 3. The van der Waals surface area contributed by atoms with Crippen LogP contribution in [-0.2, 0) is 0 Å². The second-order valence-corrected chi connectivity index (χ2v) is 4.37. The molecule has 1 aromatic rings. The summed E-state index contributed by atoms with van der Waals surface area (Å²) in [6, 6.07) is 4.70. The van der Waals surface area contributed by atoms with Crippen molar-refractivity contribution in [2.24, 2.45) is 0 Å². The van der Waals surface area contributed by atoms with Gasteiger partial charge in [0.05, 0.1) is 0 Å². The van der Waals surface area contributed by atoms with Crippen molar-refractivity contribution >= 4 is 37.9 Å². The Kier molecular flexibility index (Phi) is 4.82. The van der Waals surface area contributed by atoms with Crippen molar-refractivity contribution in [1.29, 1.82) is 0 Å². The summed E-state index contributed by atoms with van der Waals surface area (Å²) < 4.78 is 13.9. The third-order valence-corrected chi connectivity index (χ3v) is 3.39. The largest absolute Gasteiger partial charge is 0.207 e. The minimum atomic E-state index is -0.204. The molecule has 0 aliphatic heterocycles. The summed E-state index contributed by atoms with van der Waals surface area (Å²) >= 11 is 6.79. The number of halogens is 3. The number of hydrogen-bond acceptors (Lipinski definition) is 0. The molecule has 0 aliphatic rings. The van der Waals surface area contributed by atoms with Crippen LogP contribution in [0.3, 0.4) is 0 Å². The molecule has 0 bridgehead atoms. The highest BCUT2D eigenvalue weighted by Crippen LogP contribution is 2.21. The smallest absolute Gasteiger partial charge is 0.123 e. The van der Waals surface area contributed by atoms with Crippen LogP contribution in [0, 0.1) is 5.82 Å². The minimum absolute atomic E-state index is 0.204. The van der Waals surface area contributed by atoms with Crippen molar-refractivity contribution in [2.45, 2.75) is 13.3 Å². The molecule has 0 aromatic heterocycles. The third kappa shape index (κ3) is 3.21. The molecule has 0 radical (unpaired) electrons. The van der Waals surface area contributed by atoms with E-state index in [-0.39, 0.29) is 5.82 Å². The zero-order chi connectivity index (χ0) is 10.6. The van der Waals surface area contributed by atoms with Gasteiger partial charge in [0.25, 0.3) is 0 Å². The molecule has 1 rings (SSSR count). The quantitative estimate of drug-likeness (QED) is 0.703. The van der Waals surface area contributed by atoms with Gasteiger partial charge in [-0.3, -0.25) is 0 Å². The highest BCUT2D eigenvalue weighted by atomic mass is 79.9. The Morgan fingerprint density at radius 1 is 1.50 bits per heavy atom. The number of hydrogen-bond donors (Lipinski definition) is 0. The lowest BCUT2D eigenvalue weighted by Gasteiger charge is -2.02. The molecular formula is C11H11Br2F. The Morgan fingerprint density at radius 3 is 2.79 bits per heavy atom. The van der Waals surface area contributed by atoms with Crippen LogP contribution >= 0.6 is 31.9 Å². The van der Waals surface area contributed by atoms with Crippen LogP contribution in [-0.4, -0.2) is 5.33 Å². The van der Waals surface area contributed by atoms with E-state index in [1.54, 1.807) is 6.07 Å². The Morgan fingerprint density at radius 2 is 2.21 bits per heavy atom. The van der Waals surface area contributed by atoms with Gasteiger partial charge in [-0.15, -0.1) is 0 Å². The maximum atomic E-state index is 12.9. The van der Waals surface area contributed by atoms with Gasteiger partial charge in [0.1, 0.15) is 5.82 Å². The number of alkyl halides is 1. The van der Waals surface area contributed by atoms with E-state index >= 15 is 0 Å². The maximum Gasteiger partial charge on any atom is 0.123 e. The van der Waals surface area contributed by atoms with E-state index in [2.05, 4.69) is 38.8 Å². The molecule has 1 aromatic carbocycles.